The van der Waals surface area contributed by atoms with Crippen LogP contribution in [0.1, 0.15) is 12.5 Å². The molecular formula is C10H12O4. The van der Waals surface area contributed by atoms with Gasteiger partial charge >= 0.3 is 0 Å². The van der Waals surface area contributed by atoms with Crippen molar-refractivity contribution in [2.24, 2.45) is 0 Å². The predicted molar refractivity (Wildman–Crippen MR) is 49.2 cm³/mol. The quantitative estimate of drug-likeness (QED) is 0.584. The Labute approximate surface area is 81.4 Å². The van der Waals surface area contributed by atoms with Crippen LogP contribution in [-0.4, -0.2) is 27.2 Å². The van der Waals surface area contributed by atoms with Crippen molar-refractivity contribution >= 4 is 5.78 Å². The first-order chi connectivity index (χ1) is 6.46. The summed E-state index contributed by atoms with van der Waals surface area (Å²) in [4.78, 5) is 11.2. The number of benzene rings is 1. The van der Waals surface area contributed by atoms with Crippen LogP contribution in [0, 0.1) is 0 Å². The van der Waals surface area contributed by atoms with Gasteiger partial charge in [-0.2, -0.15) is 0 Å². The molecule has 4 heteroatoms. The molecule has 1 aromatic carbocycles. The summed E-state index contributed by atoms with van der Waals surface area (Å²) >= 11 is 0. The average molecular weight is 196 g/mol. The molecule has 4 nitrogen and oxygen atoms in total. The van der Waals surface area contributed by atoms with Gasteiger partial charge in [0.05, 0.1) is 0 Å². The van der Waals surface area contributed by atoms with Crippen LogP contribution < -0.4 is 0 Å². The second-order valence-electron chi connectivity index (χ2n) is 3.08. The molecule has 0 heterocycles. The number of hydrogen-bond donors (Lipinski definition) is 3. The molecule has 0 aromatic heterocycles. The summed E-state index contributed by atoms with van der Waals surface area (Å²) in [7, 11) is 0. The van der Waals surface area contributed by atoms with E-state index in [-0.39, 0.29) is 5.56 Å². The molecule has 76 valence electrons. The maximum Gasteiger partial charge on any atom is 0.254 e. The monoisotopic (exact) mass is 196 g/mol. The second-order valence-corrected chi connectivity index (χ2v) is 3.08. The van der Waals surface area contributed by atoms with Gasteiger partial charge in [-0.1, -0.05) is 30.3 Å². The van der Waals surface area contributed by atoms with E-state index in [4.69, 9.17) is 5.11 Å². The van der Waals surface area contributed by atoms with Gasteiger partial charge in [-0.3, -0.25) is 4.79 Å². The van der Waals surface area contributed by atoms with Crippen LogP contribution in [0.15, 0.2) is 30.3 Å². The number of aliphatic hydroxyl groups is 3. The molecule has 1 atom stereocenters. The minimum absolute atomic E-state index is 0.0471. The van der Waals surface area contributed by atoms with E-state index in [1.165, 1.54) is 19.1 Å². The summed E-state index contributed by atoms with van der Waals surface area (Å²) in [5, 5.41) is 27.9. The minimum Gasteiger partial charge on any atom is -0.385 e. The zero-order valence-electron chi connectivity index (χ0n) is 7.71. The van der Waals surface area contributed by atoms with Crippen molar-refractivity contribution in [1.82, 2.24) is 0 Å². The van der Waals surface area contributed by atoms with Crippen LogP contribution in [0.5, 0.6) is 0 Å². The molecule has 3 N–H and O–H groups in total. The first kappa shape index (κ1) is 10.8. The molecule has 0 aliphatic heterocycles. The van der Waals surface area contributed by atoms with Crippen LogP contribution in [0.2, 0.25) is 0 Å². The van der Waals surface area contributed by atoms with Gasteiger partial charge in [0.15, 0.2) is 0 Å². The number of hydrogen-bond acceptors (Lipinski definition) is 4. The van der Waals surface area contributed by atoms with Crippen molar-refractivity contribution in [1.29, 1.82) is 0 Å². The molecule has 0 spiro atoms. The van der Waals surface area contributed by atoms with Crippen LogP contribution in [0.25, 0.3) is 0 Å². The number of rotatable bonds is 3. The smallest absolute Gasteiger partial charge is 0.254 e. The van der Waals surface area contributed by atoms with Crippen LogP contribution in [-0.2, 0) is 10.6 Å². The Bertz CT molecular complexity index is 316. The lowest BCUT2D eigenvalue weighted by atomic mass is 9.99. The third-order valence-corrected chi connectivity index (χ3v) is 1.90. The van der Waals surface area contributed by atoms with Gasteiger partial charge in [0.25, 0.3) is 5.79 Å². The molecule has 0 saturated heterocycles. The lowest BCUT2D eigenvalue weighted by Crippen LogP contribution is -2.41. The Morgan fingerprint density at radius 1 is 1.29 bits per heavy atom. The Hall–Kier alpha value is -1.23. The maximum absolute atomic E-state index is 11.2. The highest BCUT2D eigenvalue weighted by Gasteiger charge is 2.37. The number of aliphatic hydroxyl groups excluding tert-OH is 1. The third kappa shape index (κ3) is 1.98. The molecule has 1 aromatic rings. The van der Waals surface area contributed by atoms with E-state index < -0.39 is 17.7 Å². The molecule has 0 aliphatic carbocycles. The summed E-state index contributed by atoms with van der Waals surface area (Å²) < 4.78 is 0. The fourth-order valence-corrected chi connectivity index (χ4v) is 1.10. The Morgan fingerprint density at radius 3 is 2.21 bits per heavy atom. The maximum atomic E-state index is 11.2. The zero-order chi connectivity index (χ0) is 10.8. The topological polar surface area (TPSA) is 77.8 Å². The highest BCUT2D eigenvalue weighted by Crippen LogP contribution is 2.19. The van der Waals surface area contributed by atoms with Crippen LogP contribution in [0.3, 0.4) is 0 Å². The van der Waals surface area contributed by atoms with Gasteiger partial charge < -0.3 is 15.3 Å². The van der Waals surface area contributed by atoms with E-state index in [1.54, 1.807) is 18.2 Å². The molecule has 14 heavy (non-hydrogen) atoms. The number of carbonyl (C=O) groups excluding carboxylic acids is 1. The molecule has 0 amide bonds. The van der Waals surface area contributed by atoms with E-state index >= 15 is 0 Å². The van der Waals surface area contributed by atoms with Gasteiger partial charge in [0.2, 0.25) is 5.78 Å². The second kappa shape index (κ2) is 3.88. The first-order valence-electron chi connectivity index (χ1n) is 4.19. The number of carbonyl (C=O) groups is 1. The zero-order valence-corrected chi connectivity index (χ0v) is 7.71. The predicted octanol–water partition coefficient (Wildman–Crippen LogP) is -0.226. The number of ketones is 1. The standard InChI is InChI=1S/C10H12O4/c1-7(11)9(12)10(13,14)8-5-3-2-4-6-8/h2-7,11,13-14H,1H3. The van der Waals surface area contributed by atoms with Gasteiger partial charge in [-0.25, -0.2) is 0 Å². The van der Waals surface area contributed by atoms with Crippen molar-refractivity contribution in [2.45, 2.75) is 18.8 Å². The fourth-order valence-electron chi connectivity index (χ4n) is 1.10. The lowest BCUT2D eigenvalue weighted by Gasteiger charge is -2.21. The van der Waals surface area contributed by atoms with Crippen molar-refractivity contribution in [3.05, 3.63) is 35.9 Å². The molecular weight excluding hydrogens is 184 g/mol. The van der Waals surface area contributed by atoms with Gasteiger partial charge in [-0.05, 0) is 6.92 Å². The largest absolute Gasteiger partial charge is 0.385 e. The van der Waals surface area contributed by atoms with Crippen molar-refractivity contribution in [2.75, 3.05) is 0 Å². The summed E-state index contributed by atoms with van der Waals surface area (Å²) in [5.74, 6) is -3.65. The molecule has 0 aliphatic rings. The van der Waals surface area contributed by atoms with Gasteiger partial charge in [-0.15, -0.1) is 0 Å². The Morgan fingerprint density at radius 2 is 1.79 bits per heavy atom. The van der Waals surface area contributed by atoms with E-state index in [9.17, 15) is 15.0 Å². The van der Waals surface area contributed by atoms with Crippen molar-refractivity contribution < 1.29 is 20.1 Å². The molecule has 1 rings (SSSR count). The van der Waals surface area contributed by atoms with Crippen molar-refractivity contribution in [3.8, 4) is 0 Å². The van der Waals surface area contributed by atoms with E-state index in [0.29, 0.717) is 0 Å². The molecule has 0 radical (unpaired) electrons. The fraction of sp³-hybridized carbons (Fsp3) is 0.300. The SMILES string of the molecule is CC(O)C(=O)C(O)(O)c1ccccc1. The number of Topliss-reactive ketones (excluding diaryl/α,β-unsaturated/α-hetero) is 1. The minimum atomic E-state index is -2.62. The molecule has 1 unspecified atom stereocenters. The summed E-state index contributed by atoms with van der Waals surface area (Å²) in [6.45, 7) is 1.19. The Kier molecular flexibility index (Phi) is 3.00. The summed E-state index contributed by atoms with van der Waals surface area (Å²) in [5.41, 5.74) is 0.0471. The third-order valence-electron chi connectivity index (χ3n) is 1.90. The molecule has 0 saturated carbocycles. The van der Waals surface area contributed by atoms with Crippen LogP contribution >= 0.6 is 0 Å². The van der Waals surface area contributed by atoms with E-state index in [2.05, 4.69) is 0 Å². The molecule has 0 bridgehead atoms. The summed E-state index contributed by atoms with van der Waals surface area (Å²) in [6, 6.07) is 7.64. The van der Waals surface area contributed by atoms with Crippen LogP contribution in [0.4, 0.5) is 0 Å². The highest BCUT2D eigenvalue weighted by molar-refractivity contribution is 5.89. The molecule has 0 fully saturated rings. The van der Waals surface area contributed by atoms with E-state index in [1.807, 2.05) is 0 Å². The lowest BCUT2D eigenvalue weighted by molar-refractivity contribution is -0.194. The highest BCUT2D eigenvalue weighted by atomic mass is 16.5. The average Bonchev–Trinajstić information content (AvgIpc) is 2.18. The van der Waals surface area contributed by atoms with Gasteiger partial charge in [0, 0.05) is 5.56 Å². The summed E-state index contributed by atoms with van der Waals surface area (Å²) in [6.07, 6.45) is -1.41. The van der Waals surface area contributed by atoms with Crippen molar-refractivity contribution in [3.63, 3.8) is 0 Å². The Balaban J connectivity index is 3.02. The first-order valence-corrected chi connectivity index (χ1v) is 4.19. The normalized spacial score (nSPS) is 13.7. The van der Waals surface area contributed by atoms with Gasteiger partial charge in [0.1, 0.15) is 6.10 Å². The van der Waals surface area contributed by atoms with E-state index in [0.717, 1.165) is 0 Å².